The SMILES string of the molecule is COc1ccc(CNC(=O)c2ccc3c(c2)n(C)c(=O)c2ccnn23)cc1OC. The number of aromatic nitrogens is 3. The Balaban J connectivity index is 1.61. The van der Waals surface area contributed by atoms with Gasteiger partial charge < -0.3 is 19.4 Å². The highest BCUT2D eigenvalue weighted by atomic mass is 16.5. The van der Waals surface area contributed by atoms with Gasteiger partial charge in [-0.15, -0.1) is 0 Å². The van der Waals surface area contributed by atoms with E-state index in [1.54, 1.807) is 62.3 Å². The van der Waals surface area contributed by atoms with E-state index >= 15 is 0 Å². The number of ether oxygens (including phenoxy) is 2. The maximum Gasteiger partial charge on any atom is 0.276 e. The van der Waals surface area contributed by atoms with E-state index in [-0.39, 0.29) is 11.5 Å². The minimum Gasteiger partial charge on any atom is -0.493 e. The maximum atomic E-state index is 12.7. The summed E-state index contributed by atoms with van der Waals surface area (Å²) in [4.78, 5) is 25.2. The monoisotopic (exact) mass is 392 g/mol. The summed E-state index contributed by atoms with van der Waals surface area (Å²) in [5.41, 5.74) is 3.04. The van der Waals surface area contributed by atoms with Crippen molar-refractivity contribution < 1.29 is 14.3 Å². The Labute approximate surface area is 166 Å². The van der Waals surface area contributed by atoms with Gasteiger partial charge in [0, 0.05) is 19.2 Å². The summed E-state index contributed by atoms with van der Waals surface area (Å²) >= 11 is 0. The molecule has 8 nitrogen and oxygen atoms in total. The third-order valence-corrected chi connectivity index (χ3v) is 4.89. The zero-order chi connectivity index (χ0) is 20.5. The molecule has 2 aromatic carbocycles. The van der Waals surface area contributed by atoms with Crippen molar-refractivity contribution in [1.82, 2.24) is 19.5 Å². The molecule has 148 valence electrons. The number of amides is 1. The quantitative estimate of drug-likeness (QED) is 0.562. The van der Waals surface area contributed by atoms with Crippen LogP contribution in [0.4, 0.5) is 0 Å². The van der Waals surface area contributed by atoms with E-state index in [9.17, 15) is 9.59 Å². The van der Waals surface area contributed by atoms with Crippen LogP contribution in [0, 0.1) is 0 Å². The Hall–Kier alpha value is -3.81. The fraction of sp³-hybridized carbons (Fsp3) is 0.190. The molecule has 0 spiro atoms. The average molecular weight is 392 g/mol. The minimum absolute atomic E-state index is 0.169. The highest BCUT2D eigenvalue weighted by molar-refractivity contribution is 5.97. The number of nitrogens with one attached hydrogen (secondary N) is 1. The van der Waals surface area contributed by atoms with Crippen molar-refractivity contribution in [3.8, 4) is 11.5 Å². The van der Waals surface area contributed by atoms with Crippen molar-refractivity contribution >= 4 is 22.5 Å². The minimum atomic E-state index is -0.241. The summed E-state index contributed by atoms with van der Waals surface area (Å²) < 4.78 is 13.6. The Morgan fingerprint density at radius 3 is 2.55 bits per heavy atom. The molecule has 4 aromatic rings. The van der Waals surface area contributed by atoms with Crippen LogP contribution in [0.5, 0.6) is 11.5 Å². The van der Waals surface area contributed by atoms with E-state index < -0.39 is 0 Å². The molecule has 0 unspecified atom stereocenters. The molecule has 4 rings (SSSR count). The number of hydrogen-bond acceptors (Lipinski definition) is 5. The average Bonchev–Trinajstić information content (AvgIpc) is 3.25. The van der Waals surface area contributed by atoms with Gasteiger partial charge >= 0.3 is 0 Å². The van der Waals surface area contributed by atoms with Crippen molar-refractivity contribution in [1.29, 1.82) is 0 Å². The van der Waals surface area contributed by atoms with Crippen molar-refractivity contribution in [2.24, 2.45) is 7.05 Å². The van der Waals surface area contributed by atoms with E-state index in [2.05, 4.69) is 10.4 Å². The summed E-state index contributed by atoms with van der Waals surface area (Å²) in [7, 11) is 4.82. The van der Waals surface area contributed by atoms with Crippen molar-refractivity contribution in [2.45, 2.75) is 6.54 Å². The van der Waals surface area contributed by atoms with Crippen molar-refractivity contribution in [2.75, 3.05) is 14.2 Å². The molecule has 0 fully saturated rings. The molecule has 1 amide bonds. The van der Waals surface area contributed by atoms with Crippen molar-refractivity contribution in [3.05, 3.63) is 70.1 Å². The third kappa shape index (κ3) is 3.18. The molecular weight excluding hydrogens is 372 g/mol. The molecule has 0 aliphatic heterocycles. The van der Waals surface area contributed by atoms with Gasteiger partial charge in [0.2, 0.25) is 0 Å². The number of rotatable bonds is 5. The summed E-state index contributed by atoms with van der Waals surface area (Å²) in [5, 5.41) is 7.10. The second-order valence-corrected chi connectivity index (χ2v) is 6.57. The predicted molar refractivity (Wildman–Crippen MR) is 109 cm³/mol. The van der Waals surface area contributed by atoms with Gasteiger partial charge in [-0.3, -0.25) is 9.59 Å². The number of nitrogens with zero attached hydrogens (tertiary/aromatic N) is 3. The van der Waals surface area contributed by atoms with E-state index in [1.807, 2.05) is 12.1 Å². The number of fused-ring (bicyclic) bond motifs is 3. The van der Waals surface area contributed by atoms with Crippen LogP contribution in [-0.4, -0.2) is 34.3 Å². The van der Waals surface area contributed by atoms with Crippen LogP contribution in [0.25, 0.3) is 16.6 Å². The van der Waals surface area contributed by atoms with Gasteiger partial charge in [0.1, 0.15) is 5.52 Å². The van der Waals surface area contributed by atoms with E-state index in [4.69, 9.17) is 9.47 Å². The Bertz CT molecular complexity index is 1290. The summed E-state index contributed by atoms with van der Waals surface area (Å²) in [6, 6.07) is 12.4. The number of carbonyl (C=O) groups excluding carboxylic acids is 1. The molecule has 0 radical (unpaired) electrons. The molecule has 0 aliphatic carbocycles. The van der Waals surface area contributed by atoms with E-state index in [0.717, 1.165) is 11.1 Å². The second-order valence-electron chi connectivity index (χ2n) is 6.57. The number of aryl methyl sites for hydroxylation is 1. The standard InChI is InChI=1S/C21H20N4O4/c1-24-17-11-14(5-6-15(17)25-16(21(24)27)8-9-23-25)20(26)22-12-13-4-7-18(28-2)19(10-13)29-3/h4-11H,12H2,1-3H3,(H,22,26). The number of hydrogen-bond donors (Lipinski definition) is 1. The Morgan fingerprint density at radius 1 is 1.00 bits per heavy atom. The summed E-state index contributed by atoms with van der Waals surface area (Å²) in [6.07, 6.45) is 1.58. The highest BCUT2D eigenvalue weighted by Gasteiger charge is 2.13. The molecule has 2 aromatic heterocycles. The normalized spacial score (nSPS) is 11.0. The van der Waals surface area contributed by atoms with Crippen LogP contribution in [0.1, 0.15) is 15.9 Å². The lowest BCUT2D eigenvalue weighted by Gasteiger charge is -2.11. The molecule has 0 aliphatic rings. The molecule has 0 saturated heterocycles. The van der Waals surface area contributed by atoms with Gasteiger partial charge in [-0.2, -0.15) is 5.10 Å². The molecule has 29 heavy (non-hydrogen) atoms. The molecule has 0 bridgehead atoms. The third-order valence-electron chi connectivity index (χ3n) is 4.89. The molecule has 0 saturated carbocycles. The highest BCUT2D eigenvalue weighted by Crippen LogP contribution is 2.27. The first kappa shape index (κ1) is 18.5. The van der Waals surface area contributed by atoms with Gasteiger partial charge in [0.25, 0.3) is 11.5 Å². The largest absolute Gasteiger partial charge is 0.493 e. The Kier molecular flexibility index (Phi) is 4.67. The zero-order valence-corrected chi connectivity index (χ0v) is 16.3. The molecule has 1 N–H and O–H groups in total. The lowest BCUT2D eigenvalue weighted by molar-refractivity contribution is 0.0951. The van der Waals surface area contributed by atoms with E-state index in [0.29, 0.717) is 34.6 Å². The summed E-state index contributed by atoms with van der Waals surface area (Å²) in [6.45, 7) is 0.328. The summed E-state index contributed by atoms with van der Waals surface area (Å²) in [5.74, 6) is 0.987. The molecule has 8 heteroatoms. The first-order valence-electron chi connectivity index (χ1n) is 8.99. The fourth-order valence-corrected chi connectivity index (χ4v) is 3.33. The van der Waals surface area contributed by atoms with Crippen LogP contribution in [0.2, 0.25) is 0 Å². The van der Waals surface area contributed by atoms with Gasteiger partial charge in [-0.05, 0) is 42.0 Å². The maximum absolute atomic E-state index is 12.7. The smallest absolute Gasteiger partial charge is 0.276 e. The molecule has 2 heterocycles. The lowest BCUT2D eigenvalue weighted by atomic mass is 10.1. The number of methoxy groups -OCH3 is 2. The first-order valence-corrected chi connectivity index (χ1v) is 8.99. The lowest BCUT2D eigenvalue weighted by Crippen LogP contribution is -2.24. The zero-order valence-electron chi connectivity index (χ0n) is 16.3. The van der Waals surface area contributed by atoms with Crippen LogP contribution < -0.4 is 20.3 Å². The van der Waals surface area contributed by atoms with Gasteiger partial charge in [-0.25, -0.2) is 4.52 Å². The van der Waals surface area contributed by atoms with Gasteiger partial charge in [0.15, 0.2) is 11.5 Å². The van der Waals surface area contributed by atoms with Crippen LogP contribution >= 0.6 is 0 Å². The fourth-order valence-electron chi connectivity index (χ4n) is 3.33. The van der Waals surface area contributed by atoms with Crippen LogP contribution in [0.15, 0.2) is 53.5 Å². The van der Waals surface area contributed by atoms with Gasteiger partial charge in [-0.1, -0.05) is 6.07 Å². The first-order chi connectivity index (χ1) is 14.0. The van der Waals surface area contributed by atoms with Crippen LogP contribution in [-0.2, 0) is 13.6 Å². The van der Waals surface area contributed by atoms with Gasteiger partial charge in [0.05, 0.1) is 31.4 Å². The second kappa shape index (κ2) is 7.31. The predicted octanol–water partition coefficient (Wildman–Crippen LogP) is 2.13. The van der Waals surface area contributed by atoms with Crippen LogP contribution in [0.3, 0.4) is 0 Å². The van der Waals surface area contributed by atoms with Crippen molar-refractivity contribution in [3.63, 3.8) is 0 Å². The Morgan fingerprint density at radius 2 is 1.79 bits per heavy atom. The van der Waals surface area contributed by atoms with E-state index in [1.165, 1.54) is 4.57 Å². The molecule has 0 atom stereocenters. The number of benzene rings is 2. The number of carbonyl (C=O) groups is 1. The topological polar surface area (TPSA) is 86.9 Å². The molecular formula is C21H20N4O4.